The number of anilines is 3. The minimum atomic E-state index is 0.591. The number of rotatable bonds is 4. The standard InChI is InChI=1S/C13H11N5O/c19-8-15-11-2-1-5-14-13(11)17-10-4-3-9-7-16-18-12(9)6-10/h1-8H,(H,14,17)(H,15,19)(H,16,18). The van der Waals surface area contributed by atoms with Gasteiger partial charge in [0.05, 0.1) is 17.4 Å². The maximum Gasteiger partial charge on any atom is 0.211 e. The summed E-state index contributed by atoms with van der Waals surface area (Å²) in [6.07, 6.45) is 4.05. The summed E-state index contributed by atoms with van der Waals surface area (Å²) >= 11 is 0. The highest BCUT2D eigenvalue weighted by Crippen LogP contribution is 2.24. The largest absolute Gasteiger partial charge is 0.338 e. The molecule has 94 valence electrons. The number of aromatic amines is 1. The third kappa shape index (κ3) is 2.23. The average molecular weight is 253 g/mol. The molecule has 2 aromatic heterocycles. The van der Waals surface area contributed by atoms with E-state index in [-0.39, 0.29) is 0 Å². The predicted octanol–water partition coefficient (Wildman–Crippen LogP) is 2.27. The number of carbonyl (C=O) groups excluding carboxylic acids is 1. The highest BCUT2D eigenvalue weighted by molar-refractivity contribution is 5.85. The van der Waals surface area contributed by atoms with E-state index >= 15 is 0 Å². The Labute approximate surface area is 108 Å². The molecule has 0 saturated heterocycles. The van der Waals surface area contributed by atoms with Crippen molar-refractivity contribution in [1.82, 2.24) is 15.2 Å². The zero-order valence-electron chi connectivity index (χ0n) is 9.92. The molecule has 0 aliphatic carbocycles. The molecule has 6 heteroatoms. The lowest BCUT2D eigenvalue weighted by Crippen LogP contribution is -2.01. The number of nitrogens with one attached hydrogen (secondary N) is 3. The molecule has 0 spiro atoms. The Morgan fingerprint density at radius 1 is 1.26 bits per heavy atom. The van der Waals surface area contributed by atoms with Crippen LogP contribution in [0.25, 0.3) is 10.9 Å². The number of H-pyrrole nitrogens is 1. The summed E-state index contributed by atoms with van der Waals surface area (Å²) in [5, 5.41) is 13.7. The van der Waals surface area contributed by atoms with Crippen LogP contribution in [0.4, 0.5) is 17.2 Å². The number of benzene rings is 1. The summed E-state index contributed by atoms with van der Waals surface area (Å²) in [5.74, 6) is 0.591. The second-order valence-corrected chi connectivity index (χ2v) is 3.96. The van der Waals surface area contributed by atoms with Crippen molar-refractivity contribution in [3.05, 3.63) is 42.7 Å². The Morgan fingerprint density at radius 3 is 3.11 bits per heavy atom. The van der Waals surface area contributed by atoms with Gasteiger partial charge in [-0.15, -0.1) is 0 Å². The average Bonchev–Trinajstić information content (AvgIpc) is 2.89. The lowest BCUT2D eigenvalue weighted by Gasteiger charge is -2.09. The van der Waals surface area contributed by atoms with Crippen molar-refractivity contribution in [2.24, 2.45) is 0 Å². The van der Waals surface area contributed by atoms with Crippen LogP contribution in [-0.4, -0.2) is 21.6 Å². The SMILES string of the molecule is O=CNc1cccnc1Nc1ccc2cn[nH]c2c1. The van der Waals surface area contributed by atoms with Crippen molar-refractivity contribution in [3.8, 4) is 0 Å². The molecular formula is C13H11N5O. The lowest BCUT2D eigenvalue weighted by atomic mass is 10.2. The van der Waals surface area contributed by atoms with E-state index in [4.69, 9.17) is 0 Å². The quantitative estimate of drug-likeness (QED) is 0.623. The molecule has 0 aliphatic rings. The van der Waals surface area contributed by atoms with Crippen molar-refractivity contribution >= 4 is 34.5 Å². The third-order valence-electron chi connectivity index (χ3n) is 2.73. The fourth-order valence-corrected chi connectivity index (χ4v) is 1.84. The fourth-order valence-electron chi connectivity index (χ4n) is 1.84. The minimum absolute atomic E-state index is 0.591. The molecular weight excluding hydrogens is 242 g/mol. The number of fused-ring (bicyclic) bond motifs is 1. The van der Waals surface area contributed by atoms with Crippen LogP contribution < -0.4 is 10.6 Å². The first-order valence-corrected chi connectivity index (χ1v) is 5.72. The maximum atomic E-state index is 10.5. The summed E-state index contributed by atoms with van der Waals surface area (Å²) in [7, 11) is 0. The van der Waals surface area contributed by atoms with Crippen LogP contribution in [0.5, 0.6) is 0 Å². The van der Waals surface area contributed by atoms with Gasteiger partial charge in [0.25, 0.3) is 0 Å². The molecule has 0 radical (unpaired) electrons. The van der Waals surface area contributed by atoms with Crippen LogP contribution in [0.3, 0.4) is 0 Å². The number of nitrogens with zero attached hydrogens (tertiary/aromatic N) is 2. The zero-order chi connectivity index (χ0) is 13.1. The summed E-state index contributed by atoms with van der Waals surface area (Å²) in [6.45, 7) is 0. The van der Waals surface area contributed by atoms with E-state index in [2.05, 4.69) is 25.8 Å². The van der Waals surface area contributed by atoms with Crippen LogP contribution >= 0.6 is 0 Å². The molecule has 3 N–H and O–H groups in total. The van der Waals surface area contributed by atoms with Gasteiger partial charge >= 0.3 is 0 Å². The number of hydrogen-bond donors (Lipinski definition) is 3. The molecule has 0 bridgehead atoms. The van der Waals surface area contributed by atoms with E-state index in [9.17, 15) is 4.79 Å². The Balaban J connectivity index is 1.93. The van der Waals surface area contributed by atoms with E-state index in [0.29, 0.717) is 17.9 Å². The number of pyridine rings is 1. The van der Waals surface area contributed by atoms with Gasteiger partial charge in [0.15, 0.2) is 5.82 Å². The third-order valence-corrected chi connectivity index (χ3v) is 2.73. The summed E-state index contributed by atoms with van der Waals surface area (Å²) in [6, 6.07) is 9.35. The van der Waals surface area contributed by atoms with E-state index in [1.165, 1.54) is 0 Å². The van der Waals surface area contributed by atoms with Crippen molar-refractivity contribution in [3.63, 3.8) is 0 Å². The predicted molar refractivity (Wildman–Crippen MR) is 73.3 cm³/mol. The first-order chi connectivity index (χ1) is 9.36. The highest BCUT2D eigenvalue weighted by Gasteiger charge is 2.04. The highest BCUT2D eigenvalue weighted by atomic mass is 16.1. The molecule has 6 nitrogen and oxygen atoms in total. The van der Waals surface area contributed by atoms with Gasteiger partial charge in [-0.3, -0.25) is 9.89 Å². The lowest BCUT2D eigenvalue weighted by molar-refractivity contribution is -0.105. The van der Waals surface area contributed by atoms with E-state index in [1.54, 1.807) is 24.5 Å². The van der Waals surface area contributed by atoms with E-state index in [0.717, 1.165) is 16.6 Å². The Morgan fingerprint density at radius 2 is 2.21 bits per heavy atom. The van der Waals surface area contributed by atoms with Crippen molar-refractivity contribution < 1.29 is 4.79 Å². The fraction of sp³-hybridized carbons (Fsp3) is 0. The van der Waals surface area contributed by atoms with Gasteiger partial charge in [-0.25, -0.2) is 4.98 Å². The Kier molecular flexibility index (Phi) is 2.82. The smallest absolute Gasteiger partial charge is 0.211 e. The van der Waals surface area contributed by atoms with Crippen LogP contribution in [0.1, 0.15) is 0 Å². The Bertz CT molecular complexity index is 722. The minimum Gasteiger partial charge on any atom is -0.338 e. The summed E-state index contributed by atoms with van der Waals surface area (Å²) < 4.78 is 0. The molecule has 3 rings (SSSR count). The molecule has 0 aliphatic heterocycles. The monoisotopic (exact) mass is 253 g/mol. The molecule has 1 amide bonds. The van der Waals surface area contributed by atoms with Gasteiger partial charge in [0.2, 0.25) is 6.41 Å². The molecule has 3 aromatic rings. The van der Waals surface area contributed by atoms with Gasteiger partial charge in [-0.1, -0.05) is 0 Å². The van der Waals surface area contributed by atoms with Gasteiger partial charge in [-0.2, -0.15) is 5.10 Å². The van der Waals surface area contributed by atoms with Crippen LogP contribution in [-0.2, 0) is 4.79 Å². The molecule has 19 heavy (non-hydrogen) atoms. The molecule has 1 aromatic carbocycles. The number of hydrogen-bond acceptors (Lipinski definition) is 4. The normalized spacial score (nSPS) is 10.3. The number of carbonyl (C=O) groups is 1. The zero-order valence-corrected chi connectivity index (χ0v) is 9.92. The summed E-state index contributed by atoms with van der Waals surface area (Å²) in [4.78, 5) is 14.7. The molecule has 0 unspecified atom stereocenters. The van der Waals surface area contributed by atoms with Crippen molar-refractivity contribution in [2.75, 3.05) is 10.6 Å². The first kappa shape index (κ1) is 11.2. The van der Waals surface area contributed by atoms with Crippen LogP contribution in [0, 0.1) is 0 Å². The van der Waals surface area contributed by atoms with Crippen molar-refractivity contribution in [1.29, 1.82) is 0 Å². The van der Waals surface area contributed by atoms with Gasteiger partial charge in [0.1, 0.15) is 0 Å². The van der Waals surface area contributed by atoms with Crippen LogP contribution in [0.15, 0.2) is 42.7 Å². The summed E-state index contributed by atoms with van der Waals surface area (Å²) in [5.41, 5.74) is 2.43. The molecule has 0 atom stereocenters. The number of amides is 1. The van der Waals surface area contributed by atoms with E-state index < -0.39 is 0 Å². The second kappa shape index (κ2) is 4.77. The first-order valence-electron chi connectivity index (χ1n) is 5.72. The molecule has 0 fully saturated rings. The second-order valence-electron chi connectivity index (χ2n) is 3.96. The Hall–Kier alpha value is -2.89. The van der Waals surface area contributed by atoms with Crippen molar-refractivity contribution in [2.45, 2.75) is 0 Å². The van der Waals surface area contributed by atoms with Gasteiger partial charge < -0.3 is 10.6 Å². The van der Waals surface area contributed by atoms with Gasteiger partial charge in [0, 0.05) is 17.3 Å². The van der Waals surface area contributed by atoms with Crippen LogP contribution in [0.2, 0.25) is 0 Å². The molecule has 0 saturated carbocycles. The van der Waals surface area contributed by atoms with Gasteiger partial charge in [-0.05, 0) is 30.3 Å². The number of aromatic nitrogens is 3. The maximum absolute atomic E-state index is 10.5. The molecule has 2 heterocycles. The topological polar surface area (TPSA) is 82.7 Å². The van der Waals surface area contributed by atoms with E-state index in [1.807, 2.05) is 18.2 Å².